The van der Waals surface area contributed by atoms with Gasteiger partial charge in [0.15, 0.2) is 9.73 Å². The lowest BCUT2D eigenvalue weighted by molar-refractivity contribution is -0.0403. The van der Waals surface area contributed by atoms with Gasteiger partial charge in [0, 0.05) is 6.54 Å². The van der Waals surface area contributed by atoms with E-state index in [4.69, 9.17) is 0 Å². The Morgan fingerprint density at radius 2 is 1.70 bits per heavy atom. The number of nitrogens with zero attached hydrogens (tertiary/aromatic N) is 1. The van der Waals surface area contributed by atoms with E-state index in [1.807, 2.05) is 4.72 Å². The SMILES string of the molecule is CS(=O)(=O)NCCN=S(=O)(c1ccccc1)C(F)(F)F. The van der Waals surface area contributed by atoms with E-state index in [2.05, 4.69) is 4.36 Å². The van der Waals surface area contributed by atoms with E-state index < -0.39 is 36.7 Å². The number of halogens is 3. The molecular formula is C10H13F3N2O3S2. The number of rotatable bonds is 5. The molecule has 0 spiro atoms. The Bertz CT molecular complexity index is 663. The molecule has 114 valence electrons. The molecule has 0 aliphatic heterocycles. The second-order valence-electron chi connectivity index (χ2n) is 3.80. The van der Waals surface area contributed by atoms with Gasteiger partial charge in [0.1, 0.15) is 0 Å². The Morgan fingerprint density at radius 1 is 1.15 bits per heavy atom. The predicted molar refractivity (Wildman–Crippen MR) is 69.0 cm³/mol. The summed E-state index contributed by atoms with van der Waals surface area (Å²) in [6, 6.07) is 6.29. The van der Waals surface area contributed by atoms with E-state index in [0.29, 0.717) is 0 Å². The topological polar surface area (TPSA) is 75.6 Å². The maximum absolute atomic E-state index is 12.9. The van der Waals surface area contributed by atoms with Gasteiger partial charge in [0.05, 0.1) is 17.7 Å². The van der Waals surface area contributed by atoms with Crippen LogP contribution in [0.1, 0.15) is 0 Å². The van der Waals surface area contributed by atoms with Gasteiger partial charge in [-0.1, -0.05) is 18.2 Å². The lowest BCUT2D eigenvalue weighted by Gasteiger charge is -2.13. The quantitative estimate of drug-likeness (QED) is 0.833. The fourth-order valence-corrected chi connectivity index (χ4v) is 3.19. The molecule has 1 unspecified atom stereocenters. The number of benzene rings is 1. The second-order valence-corrected chi connectivity index (χ2v) is 7.88. The third-order valence-corrected chi connectivity index (χ3v) is 4.94. The molecule has 0 radical (unpaired) electrons. The standard InChI is InChI=1S/C10H13F3N2O3S2/c1-19(16,17)14-7-8-15-20(18,10(11,12)13)9-5-3-2-4-6-9/h2-6,14H,7-8H2,1H3. The van der Waals surface area contributed by atoms with Crippen LogP contribution in [0.4, 0.5) is 13.2 Å². The highest BCUT2D eigenvalue weighted by atomic mass is 32.2. The maximum Gasteiger partial charge on any atom is 0.483 e. The summed E-state index contributed by atoms with van der Waals surface area (Å²) in [5.74, 6) is 0. The van der Waals surface area contributed by atoms with Crippen LogP contribution in [0.5, 0.6) is 0 Å². The molecule has 10 heteroatoms. The smallest absolute Gasteiger partial charge is 0.236 e. The highest BCUT2D eigenvalue weighted by molar-refractivity contribution is 7.94. The van der Waals surface area contributed by atoms with Crippen LogP contribution < -0.4 is 4.72 Å². The molecule has 0 saturated carbocycles. The highest BCUT2D eigenvalue weighted by Crippen LogP contribution is 2.32. The van der Waals surface area contributed by atoms with Crippen LogP contribution in [0.15, 0.2) is 39.6 Å². The summed E-state index contributed by atoms with van der Waals surface area (Å²) < 4.78 is 77.6. The zero-order valence-corrected chi connectivity index (χ0v) is 12.1. The molecule has 0 heterocycles. The average molecular weight is 330 g/mol. The van der Waals surface area contributed by atoms with Crippen molar-refractivity contribution in [2.75, 3.05) is 19.3 Å². The molecular weight excluding hydrogens is 317 g/mol. The Kier molecular flexibility index (Phi) is 5.16. The van der Waals surface area contributed by atoms with Gasteiger partial charge < -0.3 is 0 Å². The van der Waals surface area contributed by atoms with Gasteiger partial charge in [-0.05, 0) is 12.1 Å². The molecule has 0 aromatic heterocycles. The molecule has 0 amide bonds. The zero-order chi connectivity index (χ0) is 15.4. The normalized spacial score (nSPS) is 15.6. The zero-order valence-electron chi connectivity index (χ0n) is 10.4. The van der Waals surface area contributed by atoms with Crippen molar-refractivity contribution in [3.63, 3.8) is 0 Å². The fourth-order valence-electron chi connectivity index (χ4n) is 1.29. The van der Waals surface area contributed by atoms with Crippen molar-refractivity contribution >= 4 is 19.8 Å². The molecule has 0 aliphatic rings. The van der Waals surface area contributed by atoms with Crippen molar-refractivity contribution in [3.05, 3.63) is 30.3 Å². The van der Waals surface area contributed by atoms with Gasteiger partial charge in [-0.25, -0.2) is 21.7 Å². The van der Waals surface area contributed by atoms with Crippen molar-refractivity contribution in [3.8, 4) is 0 Å². The lowest BCUT2D eigenvalue weighted by Crippen LogP contribution is -2.27. The Labute approximate surface area is 115 Å². The van der Waals surface area contributed by atoms with E-state index >= 15 is 0 Å². The number of sulfonamides is 1. The van der Waals surface area contributed by atoms with Gasteiger partial charge in [-0.2, -0.15) is 13.2 Å². The first-order chi connectivity index (χ1) is 9.06. The molecule has 0 saturated heterocycles. The van der Waals surface area contributed by atoms with E-state index in [1.165, 1.54) is 18.2 Å². The number of hydrogen-bond donors (Lipinski definition) is 1. The van der Waals surface area contributed by atoms with Crippen LogP contribution in [0.25, 0.3) is 0 Å². The molecule has 0 bridgehead atoms. The Morgan fingerprint density at radius 3 is 2.15 bits per heavy atom. The van der Waals surface area contributed by atoms with Crippen LogP contribution in [0.3, 0.4) is 0 Å². The fraction of sp³-hybridized carbons (Fsp3) is 0.400. The number of hydrogen-bond acceptors (Lipinski definition) is 4. The first kappa shape index (κ1) is 16.9. The molecule has 1 aromatic rings. The largest absolute Gasteiger partial charge is 0.483 e. The van der Waals surface area contributed by atoms with Gasteiger partial charge in [-0.15, -0.1) is 0 Å². The van der Waals surface area contributed by atoms with Gasteiger partial charge in [0.25, 0.3) is 0 Å². The lowest BCUT2D eigenvalue weighted by atomic mass is 10.4. The first-order valence-corrected chi connectivity index (χ1v) is 8.76. The molecule has 1 N–H and O–H groups in total. The molecule has 1 atom stereocenters. The first-order valence-electron chi connectivity index (χ1n) is 5.35. The average Bonchev–Trinajstić information content (AvgIpc) is 2.33. The van der Waals surface area contributed by atoms with Crippen molar-refractivity contribution < 1.29 is 25.8 Å². The Hall–Kier alpha value is -1.13. The van der Waals surface area contributed by atoms with Crippen molar-refractivity contribution in [2.45, 2.75) is 10.4 Å². The van der Waals surface area contributed by atoms with Crippen LogP contribution >= 0.6 is 0 Å². The van der Waals surface area contributed by atoms with E-state index in [1.54, 1.807) is 0 Å². The van der Waals surface area contributed by atoms with Crippen LogP contribution in [-0.2, 0) is 19.8 Å². The van der Waals surface area contributed by atoms with Crippen LogP contribution in [0.2, 0.25) is 0 Å². The number of alkyl halides is 3. The van der Waals surface area contributed by atoms with Crippen molar-refractivity contribution in [1.82, 2.24) is 4.72 Å². The third kappa shape index (κ3) is 4.46. The number of nitrogens with one attached hydrogen (secondary N) is 1. The highest BCUT2D eigenvalue weighted by Gasteiger charge is 2.44. The van der Waals surface area contributed by atoms with Gasteiger partial charge in [-0.3, -0.25) is 0 Å². The minimum absolute atomic E-state index is 0.348. The summed E-state index contributed by atoms with van der Waals surface area (Å²) in [6.45, 7) is -0.890. The van der Waals surface area contributed by atoms with E-state index in [0.717, 1.165) is 18.4 Å². The minimum Gasteiger partial charge on any atom is -0.236 e. The summed E-state index contributed by atoms with van der Waals surface area (Å²) >= 11 is 0. The van der Waals surface area contributed by atoms with Gasteiger partial charge >= 0.3 is 5.51 Å². The van der Waals surface area contributed by atoms with Crippen LogP contribution in [0, 0.1) is 0 Å². The summed E-state index contributed by atoms with van der Waals surface area (Å²) in [6.07, 6.45) is 0.866. The monoisotopic (exact) mass is 330 g/mol. The summed E-state index contributed by atoms with van der Waals surface area (Å²) in [7, 11) is -8.14. The van der Waals surface area contributed by atoms with E-state index in [-0.39, 0.29) is 6.54 Å². The molecule has 1 rings (SSSR count). The Balaban J connectivity index is 3.06. The molecule has 0 fully saturated rings. The van der Waals surface area contributed by atoms with Gasteiger partial charge in [0.2, 0.25) is 10.0 Å². The maximum atomic E-state index is 12.9. The van der Waals surface area contributed by atoms with Crippen molar-refractivity contribution in [1.29, 1.82) is 0 Å². The van der Waals surface area contributed by atoms with Crippen molar-refractivity contribution in [2.24, 2.45) is 4.36 Å². The third-order valence-electron chi connectivity index (χ3n) is 2.13. The molecule has 20 heavy (non-hydrogen) atoms. The molecule has 1 aromatic carbocycles. The predicted octanol–water partition coefficient (Wildman–Crippen LogP) is 1.58. The molecule has 0 aliphatic carbocycles. The van der Waals surface area contributed by atoms with E-state index in [9.17, 15) is 25.8 Å². The summed E-state index contributed by atoms with van der Waals surface area (Å²) in [5, 5.41) is 0. The van der Waals surface area contributed by atoms with Crippen LogP contribution in [-0.4, -0.2) is 37.5 Å². The molecule has 5 nitrogen and oxygen atoms in total. The summed E-state index contributed by atoms with van der Waals surface area (Å²) in [5.41, 5.74) is -5.03. The minimum atomic E-state index is -5.03. The second kappa shape index (κ2) is 6.10. The summed E-state index contributed by atoms with van der Waals surface area (Å²) in [4.78, 5) is -0.452.